The zero-order valence-corrected chi connectivity index (χ0v) is 16.1. The van der Waals surface area contributed by atoms with Gasteiger partial charge in [-0.1, -0.05) is 18.5 Å². The molecule has 0 aromatic carbocycles. The summed E-state index contributed by atoms with van der Waals surface area (Å²) in [6.07, 6.45) is 0.816. The van der Waals surface area contributed by atoms with Crippen LogP contribution < -0.4 is 0 Å². The summed E-state index contributed by atoms with van der Waals surface area (Å²) >= 11 is 6.82. The number of rotatable bonds is 5. The van der Waals surface area contributed by atoms with E-state index in [1.54, 1.807) is 6.07 Å². The van der Waals surface area contributed by atoms with Gasteiger partial charge in [0.25, 0.3) is 15.9 Å². The number of halogens is 1. The smallest absolute Gasteiger partial charge is 0.309 e. The fourth-order valence-corrected chi connectivity index (χ4v) is 5.78. The lowest BCUT2D eigenvalue weighted by atomic mass is 10.3. The number of nitrogens with zero attached hydrogens (tertiary/aromatic N) is 2. The maximum absolute atomic E-state index is 12.5. The molecule has 2 aliphatic rings. The van der Waals surface area contributed by atoms with Crippen molar-refractivity contribution in [3.05, 3.63) is 16.5 Å². The van der Waals surface area contributed by atoms with Gasteiger partial charge in [0.1, 0.15) is 4.21 Å². The van der Waals surface area contributed by atoms with Crippen LogP contribution in [0.3, 0.4) is 0 Å². The number of carbonyl (C=O) groups is 2. The Hall–Kier alpha value is -1.16. The van der Waals surface area contributed by atoms with E-state index in [9.17, 15) is 18.0 Å². The van der Waals surface area contributed by atoms with Crippen molar-refractivity contribution in [1.29, 1.82) is 0 Å². The minimum atomic E-state index is -3.58. The fraction of sp³-hybridized carbons (Fsp3) is 0.600. The van der Waals surface area contributed by atoms with Crippen LogP contribution in [0.1, 0.15) is 13.3 Å². The zero-order valence-electron chi connectivity index (χ0n) is 13.7. The van der Waals surface area contributed by atoms with E-state index < -0.39 is 10.0 Å². The molecular formula is C15H19ClN2O5S2. The standard InChI is InChI=1S/C15H19ClN2O5S2/c1-10-8-11(10)15(20)23-9-13(19)17-4-6-18(7-5-17)25(21,22)14-3-2-12(16)24-14/h2-3,10-11H,4-9H2,1H3. The van der Waals surface area contributed by atoms with Crippen LogP contribution in [0.4, 0.5) is 0 Å². The van der Waals surface area contributed by atoms with Gasteiger partial charge < -0.3 is 9.64 Å². The van der Waals surface area contributed by atoms with Crippen molar-refractivity contribution in [2.75, 3.05) is 32.8 Å². The molecule has 1 aromatic rings. The number of esters is 1. The quantitative estimate of drug-likeness (QED) is 0.691. The first-order valence-corrected chi connectivity index (χ1v) is 10.6. The minimum Gasteiger partial charge on any atom is -0.455 e. The molecule has 1 aromatic heterocycles. The first kappa shape index (κ1) is 18.6. The molecule has 3 rings (SSSR count). The predicted octanol–water partition coefficient (Wildman–Crippen LogP) is 1.43. The van der Waals surface area contributed by atoms with Crippen LogP contribution in [0.15, 0.2) is 16.3 Å². The number of hydrogen-bond donors (Lipinski definition) is 0. The van der Waals surface area contributed by atoms with Gasteiger partial charge >= 0.3 is 5.97 Å². The monoisotopic (exact) mass is 406 g/mol. The molecule has 0 spiro atoms. The highest BCUT2D eigenvalue weighted by Crippen LogP contribution is 2.38. The summed E-state index contributed by atoms with van der Waals surface area (Å²) in [5.74, 6) is -0.357. The Bertz CT molecular complexity index is 771. The average Bonchev–Trinajstić information content (AvgIpc) is 3.16. The van der Waals surface area contributed by atoms with Crippen molar-refractivity contribution in [2.24, 2.45) is 11.8 Å². The number of amides is 1. The number of piperazine rings is 1. The summed E-state index contributed by atoms with van der Waals surface area (Å²) in [6, 6.07) is 3.03. The third-order valence-corrected chi connectivity index (χ3v) is 8.08. The van der Waals surface area contributed by atoms with Gasteiger partial charge in [-0.15, -0.1) is 11.3 Å². The van der Waals surface area contributed by atoms with E-state index in [1.165, 1.54) is 15.3 Å². The van der Waals surface area contributed by atoms with Gasteiger partial charge in [0.05, 0.1) is 10.3 Å². The van der Waals surface area contributed by atoms with Crippen molar-refractivity contribution in [1.82, 2.24) is 9.21 Å². The van der Waals surface area contributed by atoms with E-state index in [0.717, 1.165) is 17.8 Å². The van der Waals surface area contributed by atoms with Crippen LogP contribution in [0, 0.1) is 11.8 Å². The molecule has 2 atom stereocenters. The Kier molecular flexibility index (Phi) is 5.38. The molecule has 0 radical (unpaired) electrons. The number of thiophene rings is 1. The lowest BCUT2D eigenvalue weighted by Crippen LogP contribution is -2.51. The van der Waals surface area contributed by atoms with Crippen molar-refractivity contribution in [2.45, 2.75) is 17.6 Å². The molecule has 2 unspecified atom stereocenters. The number of ether oxygens (including phenoxy) is 1. The number of sulfonamides is 1. The zero-order chi connectivity index (χ0) is 18.2. The second kappa shape index (κ2) is 7.22. The van der Waals surface area contributed by atoms with Crippen molar-refractivity contribution >= 4 is 44.8 Å². The minimum absolute atomic E-state index is 0.0765. The first-order chi connectivity index (χ1) is 11.8. The molecular weight excluding hydrogens is 388 g/mol. The van der Waals surface area contributed by atoms with E-state index >= 15 is 0 Å². The summed E-state index contributed by atoms with van der Waals surface area (Å²) in [7, 11) is -3.58. The van der Waals surface area contributed by atoms with Gasteiger partial charge in [-0.05, 0) is 24.5 Å². The summed E-state index contributed by atoms with van der Waals surface area (Å²) in [4.78, 5) is 25.3. The lowest BCUT2D eigenvalue weighted by molar-refractivity contribution is -0.153. The summed E-state index contributed by atoms with van der Waals surface area (Å²) in [5.41, 5.74) is 0. The molecule has 0 bridgehead atoms. The molecule has 1 aliphatic heterocycles. The fourth-order valence-electron chi connectivity index (χ4n) is 2.72. The summed E-state index contributed by atoms with van der Waals surface area (Å²) < 4.78 is 32.0. The highest BCUT2D eigenvalue weighted by atomic mass is 35.5. The molecule has 7 nitrogen and oxygen atoms in total. The van der Waals surface area contributed by atoms with Crippen LogP contribution in [-0.2, 0) is 24.3 Å². The maximum Gasteiger partial charge on any atom is 0.309 e. The van der Waals surface area contributed by atoms with Gasteiger partial charge in [-0.25, -0.2) is 8.42 Å². The van der Waals surface area contributed by atoms with E-state index in [4.69, 9.17) is 16.3 Å². The Labute approximate surface area is 155 Å². The second-order valence-corrected chi connectivity index (χ2v) is 10.2. The molecule has 25 heavy (non-hydrogen) atoms. The summed E-state index contributed by atoms with van der Waals surface area (Å²) in [6.45, 7) is 2.64. The van der Waals surface area contributed by atoms with E-state index in [1.807, 2.05) is 6.92 Å². The highest BCUT2D eigenvalue weighted by molar-refractivity contribution is 7.91. The van der Waals surface area contributed by atoms with Crippen LogP contribution in [0.5, 0.6) is 0 Å². The maximum atomic E-state index is 12.5. The van der Waals surface area contributed by atoms with Crippen LogP contribution >= 0.6 is 22.9 Å². The first-order valence-electron chi connectivity index (χ1n) is 7.99. The predicted molar refractivity (Wildman–Crippen MR) is 92.9 cm³/mol. The molecule has 1 saturated carbocycles. The second-order valence-electron chi connectivity index (χ2n) is 6.27. The molecule has 10 heteroatoms. The number of carbonyl (C=O) groups excluding carboxylic acids is 2. The van der Waals surface area contributed by atoms with Crippen molar-refractivity contribution < 1.29 is 22.7 Å². The third kappa shape index (κ3) is 4.16. The largest absolute Gasteiger partial charge is 0.455 e. The van der Waals surface area contributed by atoms with E-state index in [2.05, 4.69) is 0 Å². The molecule has 138 valence electrons. The van der Waals surface area contributed by atoms with Gasteiger partial charge in [0.15, 0.2) is 6.61 Å². The van der Waals surface area contributed by atoms with Gasteiger partial charge in [-0.3, -0.25) is 9.59 Å². The Morgan fingerprint density at radius 1 is 1.28 bits per heavy atom. The van der Waals surface area contributed by atoms with Gasteiger partial charge in [0, 0.05) is 26.2 Å². The van der Waals surface area contributed by atoms with Crippen LogP contribution in [0.25, 0.3) is 0 Å². The topological polar surface area (TPSA) is 84.0 Å². The molecule has 2 fully saturated rings. The highest BCUT2D eigenvalue weighted by Gasteiger charge is 2.41. The number of hydrogen-bond acceptors (Lipinski definition) is 6. The summed E-state index contributed by atoms with van der Waals surface area (Å²) in [5, 5.41) is 0. The molecule has 1 saturated heterocycles. The Morgan fingerprint density at radius 2 is 1.92 bits per heavy atom. The van der Waals surface area contributed by atoms with Gasteiger partial charge in [0.2, 0.25) is 0 Å². The Balaban J connectivity index is 1.49. The van der Waals surface area contributed by atoms with Gasteiger partial charge in [-0.2, -0.15) is 4.31 Å². The average molecular weight is 407 g/mol. The van der Waals surface area contributed by atoms with E-state index in [0.29, 0.717) is 10.3 Å². The SMILES string of the molecule is CC1CC1C(=O)OCC(=O)N1CCN(S(=O)(=O)c2ccc(Cl)s2)CC1. The van der Waals surface area contributed by atoms with Crippen molar-refractivity contribution in [3.63, 3.8) is 0 Å². The third-order valence-electron chi connectivity index (χ3n) is 4.48. The molecule has 1 amide bonds. The van der Waals surface area contributed by atoms with Crippen LogP contribution in [0.2, 0.25) is 4.34 Å². The van der Waals surface area contributed by atoms with Crippen LogP contribution in [-0.4, -0.2) is 62.3 Å². The van der Waals surface area contributed by atoms with Crippen molar-refractivity contribution in [3.8, 4) is 0 Å². The normalized spacial score (nSPS) is 24.2. The van der Waals surface area contributed by atoms with E-state index in [-0.39, 0.29) is 54.8 Å². The Morgan fingerprint density at radius 3 is 2.44 bits per heavy atom. The lowest BCUT2D eigenvalue weighted by Gasteiger charge is -2.33. The molecule has 1 aliphatic carbocycles. The molecule has 2 heterocycles. The molecule has 0 N–H and O–H groups in total.